The highest BCUT2D eigenvalue weighted by atomic mass is 19.1. The standard InChI is InChI=1S/C13H18FN5/c1-4-7-13(2,3)19-12(16-17-18-19)9-5-6-10(14)11(15)8-9/h5-6,8H,4,7,15H2,1-3H3. The van der Waals surface area contributed by atoms with Crippen molar-refractivity contribution in [2.24, 2.45) is 0 Å². The molecule has 2 aromatic rings. The van der Waals surface area contributed by atoms with Gasteiger partial charge in [-0.15, -0.1) is 5.10 Å². The Morgan fingerprint density at radius 3 is 2.74 bits per heavy atom. The summed E-state index contributed by atoms with van der Waals surface area (Å²) < 4.78 is 15.0. The molecule has 102 valence electrons. The lowest BCUT2D eigenvalue weighted by molar-refractivity contribution is 0.290. The maximum Gasteiger partial charge on any atom is 0.182 e. The first-order chi connectivity index (χ1) is 8.95. The summed E-state index contributed by atoms with van der Waals surface area (Å²) in [4.78, 5) is 0. The maximum absolute atomic E-state index is 13.2. The smallest absolute Gasteiger partial charge is 0.182 e. The Kier molecular flexibility index (Phi) is 3.50. The molecule has 0 aliphatic heterocycles. The Balaban J connectivity index is 2.47. The summed E-state index contributed by atoms with van der Waals surface area (Å²) in [6, 6.07) is 4.52. The monoisotopic (exact) mass is 263 g/mol. The van der Waals surface area contributed by atoms with Gasteiger partial charge in [0.15, 0.2) is 5.82 Å². The van der Waals surface area contributed by atoms with Crippen molar-refractivity contribution in [3.63, 3.8) is 0 Å². The number of hydrogen-bond acceptors (Lipinski definition) is 4. The Labute approximate surface area is 111 Å². The van der Waals surface area contributed by atoms with E-state index in [1.807, 2.05) is 0 Å². The third-order valence-corrected chi connectivity index (χ3v) is 3.16. The van der Waals surface area contributed by atoms with Crippen LogP contribution in [0.5, 0.6) is 0 Å². The van der Waals surface area contributed by atoms with Crippen molar-refractivity contribution in [2.75, 3.05) is 5.73 Å². The molecule has 6 heteroatoms. The number of anilines is 1. The minimum atomic E-state index is -0.435. The first-order valence-electron chi connectivity index (χ1n) is 6.30. The molecule has 0 bridgehead atoms. The van der Waals surface area contributed by atoms with E-state index < -0.39 is 5.82 Å². The van der Waals surface area contributed by atoms with E-state index in [0.29, 0.717) is 11.4 Å². The van der Waals surface area contributed by atoms with Crippen LogP contribution in [-0.4, -0.2) is 20.2 Å². The zero-order valence-corrected chi connectivity index (χ0v) is 11.4. The second kappa shape index (κ2) is 4.95. The summed E-state index contributed by atoms with van der Waals surface area (Å²) in [5.74, 6) is 0.167. The lowest BCUT2D eigenvalue weighted by Crippen LogP contribution is -2.28. The highest BCUT2D eigenvalue weighted by Gasteiger charge is 2.25. The number of halogens is 1. The number of nitrogen functional groups attached to an aromatic ring is 1. The fraction of sp³-hybridized carbons (Fsp3) is 0.462. The Morgan fingerprint density at radius 1 is 1.37 bits per heavy atom. The molecule has 0 radical (unpaired) electrons. The lowest BCUT2D eigenvalue weighted by atomic mass is 9.98. The number of hydrogen-bond donors (Lipinski definition) is 1. The molecule has 0 atom stereocenters. The molecule has 0 aliphatic carbocycles. The summed E-state index contributed by atoms with van der Waals surface area (Å²) in [5.41, 5.74) is 6.21. The molecule has 2 rings (SSSR count). The molecular weight excluding hydrogens is 245 g/mol. The van der Waals surface area contributed by atoms with Crippen LogP contribution in [0.2, 0.25) is 0 Å². The third kappa shape index (κ3) is 2.57. The molecule has 2 N–H and O–H groups in total. The third-order valence-electron chi connectivity index (χ3n) is 3.16. The molecule has 1 heterocycles. The minimum Gasteiger partial charge on any atom is -0.396 e. The zero-order chi connectivity index (χ0) is 14.0. The average molecular weight is 263 g/mol. The topological polar surface area (TPSA) is 69.6 Å². The van der Waals surface area contributed by atoms with Crippen LogP contribution in [0, 0.1) is 5.82 Å². The molecule has 0 saturated carbocycles. The number of nitrogens with zero attached hydrogens (tertiary/aromatic N) is 4. The zero-order valence-electron chi connectivity index (χ0n) is 11.4. The fourth-order valence-electron chi connectivity index (χ4n) is 2.18. The quantitative estimate of drug-likeness (QED) is 0.861. The van der Waals surface area contributed by atoms with Crippen LogP contribution in [-0.2, 0) is 5.54 Å². The van der Waals surface area contributed by atoms with Gasteiger partial charge in [-0.1, -0.05) is 13.3 Å². The van der Waals surface area contributed by atoms with Crippen molar-refractivity contribution in [3.05, 3.63) is 24.0 Å². The van der Waals surface area contributed by atoms with Crippen LogP contribution in [0.25, 0.3) is 11.4 Å². The largest absolute Gasteiger partial charge is 0.396 e. The van der Waals surface area contributed by atoms with E-state index in [2.05, 4.69) is 36.3 Å². The first kappa shape index (κ1) is 13.5. The van der Waals surface area contributed by atoms with Crippen LogP contribution in [0.4, 0.5) is 10.1 Å². The molecule has 5 nitrogen and oxygen atoms in total. The fourth-order valence-corrected chi connectivity index (χ4v) is 2.18. The lowest BCUT2D eigenvalue weighted by Gasteiger charge is -2.25. The Morgan fingerprint density at radius 2 is 2.11 bits per heavy atom. The SMILES string of the molecule is CCCC(C)(C)n1nnnc1-c1ccc(F)c(N)c1. The second-order valence-electron chi connectivity index (χ2n) is 5.21. The van der Waals surface area contributed by atoms with Gasteiger partial charge in [0, 0.05) is 5.56 Å². The van der Waals surface area contributed by atoms with Gasteiger partial charge in [-0.2, -0.15) is 0 Å². The molecule has 0 unspecified atom stereocenters. The Bertz CT molecular complexity index is 576. The number of rotatable bonds is 4. The van der Waals surface area contributed by atoms with E-state index in [-0.39, 0.29) is 11.2 Å². The van der Waals surface area contributed by atoms with Crippen LogP contribution < -0.4 is 5.73 Å². The van der Waals surface area contributed by atoms with E-state index in [1.165, 1.54) is 6.07 Å². The number of nitrogens with two attached hydrogens (primary N) is 1. The van der Waals surface area contributed by atoms with Gasteiger partial charge in [0.2, 0.25) is 0 Å². The molecule has 0 spiro atoms. The van der Waals surface area contributed by atoms with Gasteiger partial charge >= 0.3 is 0 Å². The minimum absolute atomic E-state index is 0.0975. The van der Waals surface area contributed by atoms with Crippen molar-refractivity contribution in [1.29, 1.82) is 0 Å². The highest BCUT2D eigenvalue weighted by molar-refractivity contribution is 5.61. The Hall–Kier alpha value is -1.98. The molecule has 0 amide bonds. The number of benzene rings is 1. The number of aromatic nitrogens is 4. The predicted octanol–water partition coefficient (Wildman–Crippen LogP) is 2.60. The van der Waals surface area contributed by atoms with Gasteiger partial charge in [-0.25, -0.2) is 9.07 Å². The van der Waals surface area contributed by atoms with Crippen molar-refractivity contribution in [2.45, 2.75) is 39.2 Å². The number of tetrazole rings is 1. The highest BCUT2D eigenvalue weighted by Crippen LogP contribution is 2.27. The summed E-state index contributed by atoms with van der Waals surface area (Å²) in [6.07, 6.45) is 1.97. The van der Waals surface area contributed by atoms with Gasteiger partial charge in [0.25, 0.3) is 0 Å². The normalized spacial score (nSPS) is 11.8. The predicted molar refractivity (Wildman–Crippen MR) is 71.9 cm³/mol. The summed E-state index contributed by atoms with van der Waals surface area (Å²) in [7, 11) is 0. The van der Waals surface area contributed by atoms with E-state index in [0.717, 1.165) is 12.8 Å². The molecule has 0 saturated heterocycles. The van der Waals surface area contributed by atoms with E-state index in [1.54, 1.807) is 16.8 Å². The van der Waals surface area contributed by atoms with E-state index >= 15 is 0 Å². The summed E-state index contributed by atoms with van der Waals surface area (Å²) in [6.45, 7) is 6.26. The van der Waals surface area contributed by atoms with Gasteiger partial charge < -0.3 is 5.73 Å². The first-order valence-corrected chi connectivity index (χ1v) is 6.30. The molecule has 1 aromatic heterocycles. The van der Waals surface area contributed by atoms with Crippen LogP contribution in [0.3, 0.4) is 0 Å². The molecule has 0 fully saturated rings. The van der Waals surface area contributed by atoms with Crippen molar-refractivity contribution < 1.29 is 4.39 Å². The molecule has 1 aromatic carbocycles. The summed E-state index contributed by atoms with van der Waals surface area (Å²) >= 11 is 0. The average Bonchev–Trinajstić information content (AvgIpc) is 2.82. The molecular formula is C13H18FN5. The van der Waals surface area contributed by atoms with E-state index in [4.69, 9.17) is 5.73 Å². The van der Waals surface area contributed by atoms with E-state index in [9.17, 15) is 4.39 Å². The van der Waals surface area contributed by atoms with Gasteiger partial charge in [-0.05, 0) is 48.9 Å². The van der Waals surface area contributed by atoms with Gasteiger partial charge in [-0.3, -0.25) is 0 Å². The van der Waals surface area contributed by atoms with Crippen LogP contribution in [0.1, 0.15) is 33.6 Å². The maximum atomic E-state index is 13.2. The van der Waals surface area contributed by atoms with Gasteiger partial charge in [0.1, 0.15) is 5.82 Å². The second-order valence-corrected chi connectivity index (χ2v) is 5.21. The molecule has 0 aliphatic rings. The van der Waals surface area contributed by atoms with Crippen molar-refractivity contribution in [3.8, 4) is 11.4 Å². The van der Waals surface area contributed by atoms with Crippen molar-refractivity contribution >= 4 is 5.69 Å². The van der Waals surface area contributed by atoms with Gasteiger partial charge in [0.05, 0.1) is 11.2 Å². The van der Waals surface area contributed by atoms with Crippen LogP contribution >= 0.6 is 0 Å². The van der Waals surface area contributed by atoms with Crippen LogP contribution in [0.15, 0.2) is 18.2 Å². The van der Waals surface area contributed by atoms with Crippen molar-refractivity contribution in [1.82, 2.24) is 20.2 Å². The summed E-state index contributed by atoms with van der Waals surface area (Å²) in [5, 5.41) is 11.8. The molecule has 19 heavy (non-hydrogen) atoms.